The SMILES string of the molecule is Cc1cc(C)c(C)c(S(=O)(=O)N(C(=O)c2cccnc2)c2ccc3oc(=O)sc3c2)c1C. The average Bonchev–Trinajstić information content (AvgIpc) is 3.12. The van der Waals surface area contributed by atoms with Gasteiger partial charge in [-0.2, -0.15) is 4.31 Å². The number of fused-ring (bicyclic) bond motifs is 1. The molecule has 9 heteroatoms. The Morgan fingerprint density at radius 3 is 2.34 bits per heavy atom. The summed E-state index contributed by atoms with van der Waals surface area (Å²) in [4.78, 5) is 28.7. The Morgan fingerprint density at radius 2 is 1.72 bits per heavy atom. The molecule has 0 N–H and O–H groups in total. The van der Waals surface area contributed by atoms with E-state index in [4.69, 9.17) is 4.42 Å². The molecule has 32 heavy (non-hydrogen) atoms. The van der Waals surface area contributed by atoms with Gasteiger partial charge in [-0.25, -0.2) is 13.2 Å². The highest BCUT2D eigenvalue weighted by atomic mass is 32.2. The number of rotatable bonds is 4. The molecule has 0 atom stereocenters. The van der Waals surface area contributed by atoms with Crippen molar-refractivity contribution in [3.63, 3.8) is 0 Å². The molecule has 164 valence electrons. The maximum atomic E-state index is 14.0. The van der Waals surface area contributed by atoms with E-state index in [0.29, 0.717) is 21.4 Å². The number of hydrogen-bond acceptors (Lipinski definition) is 7. The van der Waals surface area contributed by atoms with Crippen LogP contribution < -0.4 is 9.24 Å². The fourth-order valence-electron chi connectivity index (χ4n) is 3.62. The van der Waals surface area contributed by atoms with Gasteiger partial charge in [-0.1, -0.05) is 17.4 Å². The summed E-state index contributed by atoms with van der Waals surface area (Å²) in [5, 5.41) is 0. The average molecular weight is 469 g/mol. The van der Waals surface area contributed by atoms with Gasteiger partial charge in [-0.05, 0) is 80.3 Å². The molecule has 4 rings (SSSR count). The standard InChI is InChI=1S/C23H20N2O5S2/c1-13-10-14(2)16(4)21(15(13)3)32(28,29)25(22(26)17-6-5-9-24-12-17)18-7-8-19-20(11-18)31-23(27)30-19/h5-12H,1-4H3. The molecule has 0 aliphatic heterocycles. The number of benzene rings is 2. The van der Waals surface area contributed by atoms with Gasteiger partial charge in [0.2, 0.25) is 0 Å². The number of amides is 1. The molecule has 4 aromatic rings. The smallest absolute Gasteiger partial charge is 0.396 e. The van der Waals surface area contributed by atoms with Gasteiger partial charge in [0.1, 0.15) is 5.58 Å². The van der Waals surface area contributed by atoms with Gasteiger partial charge in [0.25, 0.3) is 15.9 Å². The molecule has 7 nitrogen and oxygen atoms in total. The molecule has 2 aromatic heterocycles. The molecule has 0 fully saturated rings. The Balaban J connectivity index is 2.01. The monoisotopic (exact) mass is 468 g/mol. The third-order valence-electron chi connectivity index (χ3n) is 5.44. The van der Waals surface area contributed by atoms with E-state index in [0.717, 1.165) is 26.8 Å². The molecular formula is C23H20N2O5S2. The van der Waals surface area contributed by atoms with Gasteiger partial charge >= 0.3 is 4.94 Å². The van der Waals surface area contributed by atoms with E-state index in [1.807, 2.05) is 19.9 Å². The highest BCUT2D eigenvalue weighted by Crippen LogP contribution is 2.34. The molecule has 2 heterocycles. The van der Waals surface area contributed by atoms with Crippen LogP contribution in [0.15, 0.2) is 62.9 Å². The first-order chi connectivity index (χ1) is 15.1. The van der Waals surface area contributed by atoms with Crippen LogP contribution in [-0.2, 0) is 10.0 Å². The normalized spacial score (nSPS) is 11.6. The molecular weight excluding hydrogens is 448 g/mol. The quantitative estimate of drug-likeness (QED) is 0.437. The summed E-state index contributed by atoms with van der Waals surface area (Å²) in [6, 6.07) is 9.42. The third-order valence-corrected chi connectivity index (χ3v) is 8.21. The van der Waals surface area contributed by atoms with Crippen LogP contribution in [0, 0.1) is 27.7 Å². The minimum absolute atomic E-state index is 0.0905. The summed E-state index contributed by atoms with van der Waals surface area (Å²) in [5.41, 5.74) is 3.33. The molecule has 1 amide bonds. The number of aryl methyl sites for hydroxylation is 2. The van der Waals surface area contributed by atoms with Crippen molar-refractivity contribution >= 4 is 43.2 Å². The lowest BCUT2D eigenvalue weighted by atomic mass is 10.0. The Morgan fingerprint density at radius 1 is 1.03 bits per heavy atom. The number of carbonyl (C=O) groups is 1. The number of pyridine rings is 1. The van der Waals surface area contributed by atoms with Crippen molar-refractivity contribution in [3.05, 3.63) is 86.3 Å². The zero-order valence-electron chi connectivity index (χ0n) is 17.9. The number of anilines is 1. The predicted molar refractivity (Wildman–Crippen MR) is 124 cm³/mol. The van der Waals surface area contributed by atoms with E-state index in [1.165, 1.54) is 36.7 Å². The van der Waals surface area contributed by atoms with Crippen LogP contribution in [0.3, 0.4) is 0 Å². The van der Waals surface area contributed by atoms with E-state index in [2.05, 4.69) is 4.98 Å². The molecule has 0 aliphatic carbocycles. The second-order valence-electron chi connectivity index (χ2n) is 7.49. The summed E-state index contributed by atoms with van der Waals surface area (Å²) >= 11 is 0.842. The van der Waals surface area contributed by atoms with Gasteiger partial charge in [-0.15, -0.1) is 0 Å². The number of hydrogen-bond donors (Lipinski definition) is 0. The Bertz CT molecular complexity index is 1490. The number of sulfonamides is 1. The van der Waals surface area contributed by atoms with Crippen LogP contribution in [0.2, 0.25) is 0 Å². The van der Waals surface area contributed by atoms with Gasteiger partial charge < -0.3 is 4.42 Å². The molecule has 0 saturated carbocycles. The van der Waals surface area contributed by atoms with E-state index >= 15 is 0 Å². The number of nitrogens with zero attached hydrogens (tertiary/aromatic N) is 2. The van der Waals surface area contributed by atoms with Crippen molar-refractivity contribution in [2.45, 2.75) is 32.6 Å². The summed E-state index contributed by atoms with van der Waals surface area (Å²) in [6.07, 6.45) is 2.82. The Hall–Kier alpha value is -3.30. The minimum Gasteiger partial charge on any atom is -0.414 e. The molecule has 0 saturated heterocycles. The third kappa shape index (κ3) is 3.63. The van der Waals surface area contributed by atoms with Gasteiger partial charge in [0.05, 0.1) is 20.8 Å². The first-order valence-corrected chi connectivity index (χ1v) is 12.0. The summed E-state index contributed by atoms with van der Waals surface area (Å²) in [7, 11) is -4.32. The van der Waals surface area contributed by atoms with Crippen LogP contribution in [-0.4, -0.2) is 19.3 Å². The topological polar surface area (TPSA) is 97.6 Å². The van der Waals surface area contributed by atoms with E-state index in [9.17, 15) is 18.0 Å². The van der Waals surface area contributed by atoms with Crippen molar-refractivity contribution in [2.24, 2.45) is 0 Å². The van der Waals surface area contributed by atoms with E-state index in [1.54, 1.807) is 19.9 Å². The second kappa shape index (κ2) is 7.99. The lowest BCUT2D eigenvalue weighted by Crippen LogP contribution is -2.38. The van der Waals surface area contributed by atoms with Crippen LogP contribution in [0.4, 0.5) is 5.69 Å². The van der Waals surface area contributed by atoms with Gasteiger partial charge in [0, 0.05) is 12.4 Å². The molecule has 0 radical (unpaired) electrons. The van der Waals surface area contributed by atoms with Crippen LogP contribution in [0.5, 0.6) is 0 Å². The van der Waals surface area contributed by atoms with Crippen molar-refractivity contribution in [1.82, 2.24) is 4.98 Å². The maximum Gasteiger partial charge on any atom is 0.396 e. The van der Waals surface area contributed by atoms with Crippen LogP contribution >= 0.6 is 11.3 Å². The highest BCUT2D eigenvalue weighted by Gasteiger charge is 2.35. The number of carbonyl (C=O) groups excluding carboxylic acids is 1. The maximum absolute atomic E-state index is 14.0. The Kier molecular flexibility index (Phi) is 5.47. The number of aromatic nitrogens is 1. The molecule has 0 unspecified atom stereocenters. The van der Waals surface area contributed by atoms with Crippen molar-refractivity contribution in [3.8, 4) is 0 Å². The fourth-order valence-corrected chi connectivity index (χ4v) is 6.31. The minimum atomic E-state index is -4.32. The Labute approximate surface area is 189 Å². The fraction of sp³-hybridized carbons (Fsp3) is 0.174. The lowest BCUT2D eigenvalue weighted by Gasteiger charge is -2.25. The predicted octanol–water partition coefficient (Wildman–Crippen LogP) is 4.52. The summed E-state index contributed by atoms with van der Waals surface area (Å²) in [6.45, 7) is 7.13. The largest absolute Gasteiger partial charge is 0.414 e. The zero-order chi connectivity index (χ0) is 23.2. The van der Waals surface area contributed by atoms with Crippen LogP contribution in [0.1, 0.15) is 32.6 Å². The summed E-state index contributed by atoms with van der Waals surface area (Å²) < 4.78 is 34.4. The molecule has 2 aromatic carbocycles. The van der Waals surface area contributed by atoms with Crippen molar-refractivity contribution < 1.29 is 17.6 Å². The lowest BCUT2D eigenvalue weighted by molar-refractivity contribution is 0.100. The van der Waals surface area contributed by atoms with E-state index < -0.39 is 20.9 Å². The zero-order valence-corrected chi connectivity index (χ0v) is 19.5. The summed E-state index contributed by atoms with van der Waals surface area (Å²) in [5.74, 6) is -0.744. The second-order valence-corrected chi connectivity index (χ2v) is 10.2. The highest BCUT2D eigenvalue weighted by molar-refractivity contribution is 7.93. The molecule has 0 spiro atoms. The first kappa shape index (κ1) is 21.9. The van der Waals surface area contributed by atoms with Crippen LogP contribution in [0.25, 0.3) is 10.3 Å². The van der Waals surface area contributed by atoms with E-state index in [-0.39, 0.29) is 16.1 Å². The van der Waals surface area contributed by atoms with Gasteiger partial charge in [-0.3, -0.25) is 9.78 Å². The van der Waals surface area contributed by atoms with Crippen molar-refractivity contribution in [1.29, 1.82) is 0 Å². The van der Waals surface area contributed by atoms with Crippen molar-refractivity contribution in [2.75, 3.05) is 4.31 Å². The first-order valence-electron chi connectivity index (χ1n) is 9.72. The molecule has 0 bridgehead atoms. The van der Waals surface area contributed by atoms with Gasteiger partial charge in [0.15, 0.2) is 0 Å². The molecule has 0 aliphatic rings.